The maximum absolute atomic E-state index is 12.4. The number of amides is 1. The molecule has 0 spiro atoms. The number of nitrogens with one attached hydrogen (secondary N) is 1. The van der Waals surface area contributed by atoms with Gasteiger partial charge in [0.15, 0.2) is 0 Å². The first-order valence-electron chi connectivity index (χ1n) is 6.77. The van der Waals surface area contributed by atoms with Crippen LogP contribution in [0.15, 0.2) is 18.2 Å². The van der Waals surface area contributed by atoms with Gasteiger partial charge in [-0.2, -0.15) is 0 Å². The third-order valence-corrected chi connectivity index (χ3v) is 3.35. The maximum atomic E-state index is 12.4. The second kappa shape index (κ2) is 6.17. The number of aryl methyl sites for hydroxylation is 2. The summed E-state index contributed by atoms with van der Waals surface area (Å²) in [4.78, 5) is 14.3. The zero-order chi connectivity index (χ0) is 13.8. The average Bonchev–Trinajstić information content (AvgIpc) is 2.36. The molecule has 0 aliphatic carbocycles. The highest BCUT2D eigenvalue weighted by molar-refractivity contribution is 5.97. The van der Waals surface area contributed by atoms with E-state index in [9.17, 15) is 4.79 Å². The van der Waals surface area contributed by atoms with Crippen LogP contribution in [0.25, 0.3) is 0 Å². The van der Waals surface area contributed by atoms with E-state index in [4.69, 9.17) is 4.74 Å². The van der Waals surface area contributed by atoms with E-state index in [-0.39, 0.29) is 12.0 Å². The molecule has 0 radical (unpaired) electrons. The van der Waals surface area contributed by atoms with E-state index in [0.717, 1.165) is 18.7 Å². The number of morpholine rings is 1. The lowest BCUT2D eigenvalue weighted by atomic mass is 10.1. The number of rotatable bonds is 4. The van der Waals surface area contributed by atoms with Crippen LogP contribution in [0.2, 0.25) is 0 Å². The van der Waals surface area contributed by atoms with E-state index in [1.54, 1.807) is 0 Å². The smallest absolute Gasteiger partial charge is 0.256 e. The predicted octanol–water partition coefficient (Wildman–Crippen LogP) is 1.64. The minimum absolute atomic E-state index is 0.0755. The summed E-state index contributed by atoms with van der Waals surface area (Å²) in [5.41, 5.74) is 3.35. The van der Waals surface area contributed by atoms with Crippen molar-refractivity contribution in [2.75, 3.05) is 31.6 Å². The molecule has 1 atom stereocenters. The normalized spacial score (nSPS) is 19.8. The number of carbonyl (C=O) groups is 1. The minimum Gasteiger partial charge on any atom is -0.366 e. The highest BCUT2D eigenvalue weighted by Gasteiger charge is 2.30. The Kier molecular flexibility index (Phi) is 4.56. The molecule has 1 aliphatic heterocycles. The first kappa shape index (κ1) is 14.0. The van der Waals surface area contributed by atoms with Crippen molar-refractivity contribution < 1.29 is 9.53 Å². The minimum atomic E-state index is -0.318. The van der Waals surface area contributed by atoms with Crippen molar-refractivity contribution in [1.82, 2.24) is 5.32 Å². The molecule has 1 aliphatic rings. The quantitative estimate of drug-likeness (QED) is 0.897. The summed E-state index contributed by atoms with van der Waals surface area (Å²) >= 11 is 0. The van der Waals surface area contributed by atoms with E-state index >= 15 is 0 Å². The van der Waals surface area contributed by atoms with Crippen LogP contribution in [-0.4, -0.2) is 38.8 Å². The van der Waals surface area contributed by atoms with E-state index in [2.05, 4.69) is 37.4 Å². The zero-order valence-electron chi connectivity index (χ0n) is 11.9. The van der Waals surface area contributed by atoms with Crippen molar-refractivity contribution in [3.05, 3.63) is 29.3 Å². The number of ether oxygens (including phenoxy) is 1. The molecule has 1 amide bonds. The molecular formula is C15H22N2O2. The second-order valence-electron chi connectivity index (χ2n) is 5.09. The maximum Gasteiger partial charge on any atom is 0.256 e. The molecule has 4 nitrogen and oxygen atoms in total. The molecule has 104 valence electrons. The summed E-state index contributed by atoms with van der Waals surface area (Å²) in [7, 11) is 1.88. The molecule has 0 bridgehead atoms. The van der Waals surface area contributed by atoms with Crippen LogP contribution in [0.5, 0.6) is 0 Å². The van der Waals surface area contributed by atoms with Crippen molar-refractivity contribution in [1.29, 1.82) is 0 Å². The highest BCUT2D eigenvalue weighted by atomic mass is 16.5. The number of hydrogen-bond donors (Lipinski definition) is 1. The van der Waals surface area contributed by atoms with E-state index in [1.165, 1.54) is 11.1 Å². The first-order chi connectivity index (χ1) is 9.11. The van der Waals surface area contributed by atoms with Gasteiger partial charge < -0.3 is 15.0 Å². The van der Waals surface area contributed by atoms with Gasteiger partial charge in [-0.3, -0.25) is 4.79 Å². The Labute approximate surface area is 114 Å². The molecule has 1 N–H and O–H groups in total. The van der Waals surface area contributed by atoms with Gasteiger partial charge in [0.25, 0.3) is 5.91 Å². The van der Waals surface area contributed by atoms with Crippen LogP contribution < -0.4 is 10.2 Å². The summed E-state index contributed by atoms with van der Waals surface area (Å²) in [6.45, 7) is 6.14. The molecule has 1 fully saturated rings. The summed E-state index contributed by atoms with van der Waals surface area (Å²) in [6, 6.07) is 6.24. The lowest BCUT2D eigenvalue weighted by Gasteiger charge is -2.33. The summed E-state index contributed by atoms with van der Waals surface area (Å²) < 4.78 is 5.57. The van der Waals surface area contributed by atoms with Crippen LogP contribution in [0, 0.1) is 13.8 Å². The molecular weight excluding hydrogens is 240 g/mol. The fraction of sp³-hybridized carbons (Fsp3) is 0.533. The van der Waals surface area contributed by atoms with Gasteiger partial charge in [-0.1, -0.05) is 6.07 Å². The van der Waals surface area contributed by atoms with E-state index < -0.39 is 0 Å². The molecule has 1 aromatic rings. The van der Waals surface area contributed by atoms with Crippen LogP contribution in [-0.2, 0) is 9.53 Å². The monoisotopic (exact) mass is 262 g/mol. The summed E-state index contributed by atoms with van der Waals surface area (Å²) in [5, 5.41) is 3.06. The Morgan fingerprint density at radius 1 is 1.32 bits per heavy atom. The van der Waals surface area contributed by atoms with Crippen LogP contribution in [0.4, 0.5) is 5.69 Å². The van der Waals surface area contributed by atoms with E-state index in [0.29, 0.717) is 13.2 Å². The molecule has 1 saturated heterocycles. The Hall–Kier alpha value is -1.39. The van der Waals surface area contributed by atoms with Gasteiger partial charge in [-0.25, -0.2) is 0 Å². The third kappa shape index (κ3) is 3.33. The Bertz CT molecular complexity index is 439. The number of carbonyl (C=O) groups excluding carboxylic acids is 1. The number of nitrogens with zero attached hydrogens (tertiary/aromatic N) is 1. The van der Waals surface area contributed by atoms with Crippen molar-refractivity contribution in [2.24, 2.45) is 0 Å². The summed E-state index contributed by atoms with van der Waals surface area (Å²) in [6.07, 6.45) is 0.401. The van der Waals surface area contributed by atoms with Crippen molar-refractivity contribution in [2.45, 2.75) is 26.4 Å². The average molecular weight is 262 g/mol. The number of anilines is 1. The molecule has 1 aromatic carbocycles. The first-order valence-corrected chi connectivity index (χ1v) is 6.77. The highest BCUT2D eigenvalue weighted by Crippen LogP contribution is 2.22. The van der Waals surface area contributed by atoms with Gasteiger partial charge in [0, 0.05) is 12.2 Å². The molecule has 0 saturated carbocycles. The number of benzene rings is 1. The second-order valence-corrected chi connectivity index (χ2v) is 5.09. The van der Waals surface area contributed by atoms with Crippen LogP contribution >= 0.6 is 0 Å². The van der Waals surface area contributed by atoms with Crippen molar-refractivity contribution >= 4 is 11.6 Å². The largest absolute Gasteiger partial charge is 0.366 e. The SMILES string of the molecule is CNCCC1OCCN(c2cc(C)cc(C)c2)C1=O. The molecule has 19 heavy (non-hydrogen) atoms. The van der Waals surface area contributed by atoms with Gasteiger partial charge in [0.1, 0.15) is 6.10 Å². The fourth-order valence-corrected chi connectivity index (χ4v) is 2.49. The van der Waals surface area contributed by atoms with Gasteiger partial charge in [-0.05, 0) is 57.1 Å². The summed E-state index contributed by atoms with van der Waals surface area (Å²) in [5.74, 6) is 0.0755. The fourth-order valence-electron chi connectivity index (χ4n) is 2.49. The van der Waals surface area contributed by atoms with Gasteiger partial charge >= 0.3 is 0 Å². The molecule has 0 aromatic heterocycles. The molecule has 1 unspecified atom stereocenters. The standard InChI is InChI=1S/C15H22N2O2/c1-11-8-12(2)10-13(9-11)17-6-7-19-14(15(17)18)4-5-16-3/h8-10,14,16H,4-7H2,1-3H3. The van der Waals surface area contributed by atoms with Gasteiger partial charge in [0.2, 0.25) is 0 Å². The van der Waals surface area contributed by atoms with Crippen LogP contribution in [0.3, 0.4) is 0 Å². The number of hydrogen-bond acceptors (Lipinski definition) is 3. The van der Waals surface area contributed by atoms with Gasteiger partial charge in [-0.15, -0.1) is 0 Å². The Morgan fingerprint density at radius 3 is 2.63 bits per heavy atom. The van der Waals surface area contributed by atoms with Crippen LogP contribution in [0.1, 0.15) is 17.5 Å². The third-order valence-electron chi connectivity index (χ3n) is 3.35. The molecule has 2 rings (SSSR count). The topological polar surface area (TPSA) is 41.6 Å². The molecule has 4 heteroatoms. The lowest BCUT2D eigenvalue weighted by Crippen LogP contribution is -2.48. The van der Waals surface area contributed by atoms with Gasteiger partial charge in [0.05, 0.1) is 6.61 Å². The van der Waals surface area contributed by atoms with Crippen molar-refractivity contribution in [3.8, 4) is 0 Å². The zero-order valence-corrected chi connectivity index (χ0v) is 11.9. The van der Waals surface area contributed by atoms with E-state index in [1.807, 2.05) is 11.9 Å². The molecule has 1 heterocycles. The Morgan fingerprint density at radius 2 is 2.00 bits per heavy atom. The predicted molar refractivity (Wildman–Crippen MR) is 76.6 cm³/mol. The van der Waals surface area contributed by atoms with Crippen molar-refractivity contribution in [3.63, 3.8) is 0 Å². The Balaban J connectivity index is 2.16. The lowest BCUT2D eigenvalue weighted by molar-refractivity contribution is -0.134.